The molecule has 2 atom stereocenters. The third kappa shape index (κ3) is 3.38. The van der Waals surface area contributed by atoms with Crippen molar-refractivity contribution in [3.63, 3.8) is 0 Å². The number of hydrogen-bond acceptors (Lipinski definition) is 5. The van der Waals surface area contributed by atoms with E-state index in [9.17, 15) is 14.3 Å². The first-order chi connectivity index (χ1) is 15.8. The molecular weight excluding hydrogens is 468 g/mol. The summed E-state index contributed by atoms with van der Waals surface area (Å²) >= 11 is 11.8. The number of carbonyl (C=O) groups excluding carboxylic acids is 1. The van der Waals surface area contributed by atoms with Crippen molar-refractivity contribution in [2.24, 2.45) is 5.41 Å². The molecule has 1 N–H and O–H groups in total. The van der Waals surface area contributed by atoms with E-state index in [1.54, 1.807) is 30.5 Å². The molecule has 3 aliphatic carbocycles. The summed E-state index contributed by atoms with van der Waals surface area (Å²) in [5.41, 5.74) is 0.991. The molecule has 4 aliphatic rings. The number of aromatic nitrogens is 1. The molecule has 3 fully saturated rings. The van der Waals surface area contributed by atoms with Gasteiger partial charge in [-0.1, -0.05) is 23.2 Å². The minimum Gasteiger partial charge on any atom is -0.482 e. The maximum absolute atomic E-state index is 13.8. The van der Waals surface area contributed by atoms with Crippen molar-refractivity contribution in [1.82, 2.24) is 4.98 Å². The molecule has 0 unspecified atom stereocenters. The molecule has 3 saturated carbocycles. The van der Waals surface area contributed by atoms with Gasteiger partial charge in [-0.05, 0) is 61.1 Å². The van der Waals surface area contributed by atoms with E-state index in [1.807, 2.05) is 0 Å². The summed E-state index contributed by atoms with van der Waals surface area (Å²) < 4.78 is 25.6. The van der Waals surface area contributed by atoms with Crippen molar-refractivity contribution in [3.05, 3.63) is 69.9 Å². The smallest absolute Gasteiger partial charge is 0.201 e. The third-order valence-corrected chi connectivity index (χ3v) is 7.79. The van der Waals surface area contributed by atoms with E-state index in [0.29, 0.717) is 40.0 Å². The highest BCUT2D eigenvalue weighted by Crippen LogP contribution is 2.75. The van der Waals surface area contributed by atoms with Crippen LogP contribution in [0.2, 0.25) is 10.0 Å². The Kier molecular flexibility index (Phi) is 4.67. The van der Waals surface area contributed by atoms with Crippen molar-refractivity contribution in [3.8, 4) is 17.1 Å². The van der Waals surface area contributed by atoms with E-state index in [0.717, 1.165) is 19.3 Å². The minimum absolute atomic E-state index is 0.00711. The number of Topliss-reactive ketones (excluding diaryl/α,β-unsaturated/α-hetero) is 1. The summed E-state index contributed by atoms with van der Waals surface area (Å²) in [4.78, 5) is 17.4. The van der Waals surface area contributed by atoms with E-state index >= 15 is 0 Å². The van der Waals surface area contributed by atoms with Gasteiger partial charge >= 0.3 is 0 Å². The zero-order valence-electron chi connectivity index (χ0n) is 17.5. The molecule has 2 bridgehead atoms. The predicted octanol–water partition coefficient (Wildman–Crippen LogP) is 6.05. The zero-order valence-corrected chi connectivity index (χ0v) is 19.0. The van der Waals surface area contributed by atoms with E-state index < -0.39 is 18.0 Å². The van der Waals surface area contributed by atoms with Crippen LogP contribution in [-0.2, 0) is 10.2 Å². The Balaban J connectivity index is 1.11. The highest BCUT2D eigenvalue weighted by atomic mass is 35.5. The summed E-state index contributed by atoms with van der Waals surface area (Å²) in [6.07, 6.45) is 3.28. The fourth-order valence-electron chi connectivity index (χ4n) is 5.81. The first kappa shape index (κ1) is 21.1. The zero-order chi connectivity index (χ0) is 23.0. The number of oxazole rings is 1. The molecular formula is C25H20Cl2FNO4. The summed E-state index contributed by atoms with van der Waals surface area (Å²) in [6.45, 7) is 0. The highest BCUT2D eigenvalue weighted by Gasteiger charge is 2.71. The second-order valence-corrected chi connectivity index (χ2v) is 10.5. The lowest BCUT2D eigenvalue weighted by Crippen LogP contribution is -2.65. The van der Waals surface area contributed by atoms with Gasteiger partial charge in [0.15, 0.2) is 17.6 Å². The number of rotatable bonds is 5. The Hall–Kier alpha value is -2.41. The molecule has 170 valence electrons. The Morgan fingerprint density at radius 2 is 1.97 bits per heavy atom. The number of ether oxygens (including phenoxy) is 1. The molecule has 1 aliphatic heterocycles. The van der Waals surface area contributed by atoms with Crippen molar-refractivity contribution in [2.45, 2.75) is 49.7 Å². The lowest BCUT2D eigenvalue weighted by atomic mass is 9.34. The number of benzene rings is 2. The second kappa shape index (κ2) is 7.29. The van der Waals surface area contributed by atoms with Gasteiger partial charge < -0.3 is 14.3 Å². The Morgan fingerprint density at radius 3 is 2.73 bits per heavy atom. The molecule has 5 nitrogen and oxygen atoms in total. The lowest BCUT2D eigenvalue weighted by molar-refractivity contribution is -0.171. The van der Waals surface area contributed by atoms with E-state index in [-0.39, 0.29) is 28.1 Å². The number of halogens is 3. The monoisotopic (exact) mass is 487 g/mol. The second-order valence-electron chi connectivity index (χ2n) is 9.65. The number of fused-ring (bicyclic) bond motifs is 1. The molecule has 0 spiro atoms. The van der Waals surface area contributed by atoms with Crippen molar-refractivity contribution in [1.29, 1.82) is 0 Å². The molecule has 7 rings (SSSR count). The number of aliphatic hydroxyl groups is 1. The fraction of sp³-hybridized carbons (Fsp3) is 0.360. The molecule has 0 radical (unpaired) electrons. The van der Waals surface area contributed by atoms with Gasteiger partial charge in [-0.3, -0.25) is 4.79 Å². The first-order valence-corrected chi connectivity index (χ1v) is 11.6. The van der Waals surface area contributed by atoms with Crippen LogP contribution in [-0.4, -0.2) is 22.0 Å². The average Bonchev–Trinajstić information content (AvgIpc) is 3.21. The van der Waals surface area contributed by atoms with Gasteiger partial charge in [0.05, 0.1) is 17.3 Å². The van der Waals surface area contributed by atoms with Crippen LogP contribution in [0.25, 0.3) is 11.3 Å². The Morgan fingerprint density at radius 1 is 1.18 bits per heavy atom. The largest absolute Gasteiger partial charge is 0.482 e. The lowest BCUT2D eigenvalue weighted by Gasteiger charge is -2.69. The Bertz CT molecular complexity index is 1270. The maximum atomic E-state index is 13.8. The summed E-state index contributed by atoms with van der Waals surface area (Å²) in [5.74, 6) is 1.15. The van der Waals surface area contributed by atoms with Crippen LogP contribution >= 0.6 is 23.2 Å². The van der Waals surface area contributed by atoms with Gasteiger partial charge in [-0.25, -0.2) is 9.37 Å². The molecule has 2 aromatic carbocycles. The molecule has 3 aromatic rings. The van der Waals surface area contributed by atoms with Gasteiger partial charge in [0.1, 0.15) is 11.6 Å². The fourth-order valence-corrected chi connectivity index (χ4v) is 6.11. The SMILES string of the molecule is O=C(CC12CC(c3ncc(-c4ccc(Cl)c(F)c4)o3)(C1)C2)[C@H]1C[C@@H](O)c2cc(Cl)ccc2O1. The normalized spacial score (nSPS) is 29.5. The third-order valence-electron chi connectivity index (χ3n) is 7.25. The quantitative estimate of drug-likeness (QED) is 0.473. The van der Waals surface area contributed by atoms with Crippen LogP contribution < -0.4 is 4.74 Å². The minimum atomic E-state index is -0.774. The topological polar surface area (TPSA) is 72.6 Å². The Labute approximate surface area is 199 Å². The van der Waals surface area contributed by atoms with E-state index in [2.05, 4.69) is 4.98 Å². The summed E-state index contributed by atoms with van der Waals surface area (Å²) in [5, 5.41) is 11.0. The van der Waals surface area contributed by atoms with Gasteiger partial charge in [0, 0.05) is 34.4 Å². The standard InChI is InChI=1S/C25H20Cl2FNO4/c26-14-2-4-20-15(6-14)18(30)7-21(32-20)19(31)8-24-10-25(11-24,12-24)23-29-9-22(33-23)13-1-3-16(27)17(28)5-13/h1-6,9,18,21,30H,7-8,10-12H2/t18-,21-,24?,25?/m1/s1. The van der Waals surface area contributed by atoms with Crippen LogP contribution in [0.5, 0.6) is 5.75 Å². The van der Waals surface area contributed by atoms with Crippen LogP contribution in [0.1, 0.15) is 49.7 Å². The highest BCUT2D eigenvalue weighted by molar-refractivity contribution is 6.31. The predicted molar refractivity (Wildman–Crippen MR) is 120 cm³/mol. The first-order valence-electron chi connectivity index (χ1n) is 10.8. The van der Waals surface area contributed by atoms with E-state index in [1.165, 1.54) is 12.1 Å². The van der Waals surface area contributed by atoms with Gasteiger partial charge in [-0.2, -0.15) is 0 Å². The maximum Gasteiger partial charge on any atom is 0.201 e. The van der Waals surface area contributed by atoms with Gasteiger partial charge in [0.2, 0.25) is 5.89 Å². The van der Waals surface area contributed by atoms with Crippen LogP contribution in [0.4, 0.5) is 4.39 Å². The van der Waals surface area contributed by atoms with Crippen molar-refractivity contribution in [2.75, 3.05) is 0 Å². The molecule has 33 heavy (non-hydrogen) atoms. The summed E-state index contributed by atoms with van der Waals surface area (Å²) in [6, 6.07) is 9.59. The van der Waals surface area contributed by atoms with Crippen molar-refractivity contribution >= 4 is 29.0 Å². The molecule has 0 saturated heterocycles. The molecule has 2 heterocycles. The molecule has 1 aromatic heterocycles. The van der Waals surface area contributed by atoms with Crippen LogP contribution in [0.3, 0.4) is 0 Å². The number of carbonyl (C=O) groups is 1. The average molecular weight is 488 g/mol. The number of nitrogens with zero attached hydrogens (tertiary/aromatic N) is 1. The number of ketones is 1. The number of aliphatic hydroxyl groups excluding tert-OH is 1. The van der Waals surface area contributed by atoms with Gasteiger partial charge in [-0.15, -0.1) is 0 Å². The van der Waals surface area contributed by atoms with Crippen molar-refractivity contribution < 1.29 is 23.4 Å². The van der Waals surface area contributed by atoms with Crippen LogP contribution in [0, 0.1) is 11.2 Å². The van der Waals surface area contributed by atoms with Crippen LogP contribution in [0.15, 0.2) is 47.0 Å². The molecule has 0 amide bonds. The number of hydrogen-bond donors (Lipinski definition) is 1. The molecule has 8 heteroatoms. The van der Waals surface area contributed by atoms with E-state index in [4.69, 9.17) is 32.4 Å². The summed E-state index contributed by atoms with van der Waals surface area (Å²) in [7, 11) is 0. The van der Waals surface area contributed by atoms with Gasteiger partial charge in [0.25, 0.3) is 0 Å².